The van der Waals surface area contributed by atoms with E-state index in [4.69, 9.17) is 5.11 Å². The van der Waals surface area contributed by atoms with Gasteiger partial charge in [-0.05, 0) is 37.5 Å². The number of fused-ring (bicyclic) bond motifs is 1. The van der Waals surface area contributed by atoms with E-state index in [-0.39, 0.29) is 12.6 Å². The second-order valence-electron chi connectivity index (χ2n) is 6.68. The number of nitrogens with one attached hydrogen (secondary N) is 1. The lowest BCUT2D eigenvalue weighted by molar-refractivity contribution is -0.138. The minimum absolute atomic E-state index is 0.233. The average Bonchev–Trinajstić information content (AvgIpc) is 3.01. The van der Waals surface area contributed by atoms with E-state index in [0.29, 0.717) is 42.7 Å². The van der Waals surface area contributed by atoms with E-state index >= 15 is 0 Å². The van der Waals surface area contributed by atoms with Gasteiger partial charge in [-0.3, -0.25) is 14.8 Å². The maximum atomic E-state index is 13.5. The van der Waals surface area contributed by atoms with Gasteiger partial charge in [0.15, 0.2) is 9.84 Å². The molecule has 0 unspecified atom stereocenters. The fourth-order valence-electron chi connectivity index (χ4n) is 3.29. The molecule has 0 spiro atoms. The van der Waals surface area contributed by atoms with Gasteiger partial charge in [0.1, 0.15) is 18.2 Å². The molecular formula is C17H17F4N3O4S. The molecule has 0 bridgehead atoms. The van der Waals surface area contributed by atoms with Crippen LogP contribution in [0.5, 0.6) is 0 Å². The second kappa shape index (κ2) is 7.75. The number of carboxylic acids is 1. The number of rotatable bonds is 6. The molecule has 0 amide bonds. The van der Waals surface area contributed by atoms with Crippen molar-refractivity contribution >= 4 is 15.8 Å². The summed E-state index contributed by atoms with van der Waals surface area (Å²) >= 11 is 0. The summed E-state index contributed by atoms with van der Waals surface area (Å²) < 4.78 is 78.3. The highest BCUT2D eigenvalue weighted by molar-refractivity contribution is 7.91. The summed E-state index contributed by atoms with van der Waals surface area (Å²) in [6, 6.07) is 0.712. The molecule has 2 N–H and O–H groups in total. The highest BCUT2D eigenvalue weighted by atomic mass is 32.2. The fraction of sp³-hybridized carbons (Fsp3) is 0.412. The van der Waals surface area contributed by atoms with Crippen LogP contribution >= 0.6 is 0 Å². The molecule has 1 aliphatic carbocycles. The SMILES string of the molecule is O=C(O)Cn1ncc2c1CCC[C@H]2NCS(=O)(=O)c1cc(F)cc(C(F)(F)F)c1. The highest BCUT2D eigenvalue weighted by Crippen LogP contribution is 2.32. The first-order valence-electron chi connectivity index (χ1n) is 8.57. The van der Waals surface area contributed by atoms with Crippen molar-refractivity contribution < 1.29 is 35.9 Å². The molecule has 12 heteroatoms. The monoisotopic (exact) mass is 435 g/mol. The molecule has 0 aliphatic heterocycles. The maximum absolute atomic E-state index is 13.5. The van der Waals surface area contributed by atoms with E-state index in [1.54, 1.807) is 0 Å². The van der Waals surface area contributed by atoms with Gasteiger partial charge in [-0.25, -0.2) is 12.8 Å². The van der Waals surface area contributed by atoms with Crippen LogP contribution in [0.1, 0.15) is 35.7 Å². The number of aliphatic carboxylic acids is 1. The topological polar surface area (TPSA) is 101 Å². The Morgan fingerprint density at radius 3 is 2.69 bits per heavy atom. The van der Waals surface area contributed by atoms with Crippen molar-refractivity contribution in [2.24, 2.45) is 0 Å². The number of carbonyl (C=O) groups is 1. The molecule has 1 atom stereocenters. The summed E-state index contributed by atoms with van der Waals surface area (Å²) in [5, 5.41) is 15.7. The van der Waals surface area contributed by atoms with Crippen LogP contribution in [0.15, 0.2) is 29.3 Å². The van der Waals surface area contributed by atoms with Crippen molar-refractivity contribution in [2.75, 3.05) is 5.88 Å². The number of aromatic nitrogens is 2. The molecule has 0 saturated carbocycles. The summed E-state index contributed by atoms with van der Waals surface area (Å²) in [5.74, 6) is -3.07. The first kappa shape index (κ1) is 21.2. The summed E-state index contributed by atoms with van der Waals surface area (Å²) in [7, 11) is -4.25. The standard InChI is InChI=1S/C17H17F4N3O4S/c18-11-4-10(17(19,20)21)5-12(6-11)29(27,28)9-22-14-2-1-3-15-13(14)7-23-24(15)8-16(25)26/h4-7,14,22H,1-3,8-9H2,(H,25,26)/t14-/m1/s1. The number of hydrogen-bond acceptors (Lipinski definition) is 5. The average molecular weight is 435 g/mol. The van der Waals surface area contributed by atoms with Crippen molar-refractivity contribution in [3.05, 3.63) is 47.0 Å². The van der Waals surface area contributed by atoms with Gasteiger partial charge in [-0.15, -0.1) is 0 Å². The Hall–Kier alpha value is -2.47. The molecule has 29 heavy (non-hydrogen) atoms. The number of sulfone groups is 1. The summed E-state index contributed by atoms with van der Waals surface area (Å²) in [5.41, 5.74) is -0.0763. The number of nitrogens with zero attached hydrogens (tertiary/aromatic N) is 2. The van der Waals surface area contributed by atoms with Crippen molar-refractivity contribution in [1.29, 1.82) is 0 Å². The van der Waals surface area contributed by atoms with E-state index in [9.17, 15) is 30.8 Å². The largest absolute Gasteiger partial charge is 0.480 e. The highest BCUT2D eigenvalue weighted by Gasteiger charge is 2.33. The zero-order valence-corrected chi connectivity index (χ0v) is 15.7. The van der Waals surface area contributed by atoms with Crippen LogP contribution in [0.4, 0.5) is 17.6 Å². The van der Waals surface area contributed by atoms with Crippen LogP contribution in [0, 0.1) is 5.82 Å². The van der Waals surface area contributed by atoms with Crippen LogP contribution in [-0.4, -0.2) is 35.2 Å². The van der Waals surface area contributed by atoms with Gasteiger partial charge in [0.25, 0.3) is 0 Å². The Bertz CT molecular complexity index is 1030. The third-order valence-corrected chi connectivity index (χ3v) is 6.13. The Kier molecular flexibility index (Phi) is 5.68. The minimum Gasteiger partial charge on any atom is -0.480 e. The van der Waals surface area contributed by atoms with E-state index in [0.717, 1.165) is 0 Å². The van der Waals surface area contributed by atoms with Crippen molar-refractivity contribution in [2.45, 2.75) is 42.9 Å². The summed E-state index contributed by atoms with van der Waals surface area (Å²) in [4.78, 5) is 10.1. The predicted octanol–water partition coefficient (Wildman–Crippen LogP) is 2.52. The zero-order chi connectivity index (χ0) is 21.4. The minimum atomic E-state index is -4.88. The number of hydrogen-bond donors (Lipinski definition) is 2. The van der Waals surface area contributed by atoms with Gasteiger partial charge in [0.05, 0.1) is 16.7 Å². The van der Waals surface area contributed by atoms with Gasteiger partial charge >= 0.3 is 12.1 Å². The lowest BCUT2D eigenvalue weighted by Crippen LogP contribution is -2.30. The Morgan fingerprint density at radius 2 is 2.03 bits per heavy atom. The molecule has 0 fully saturated rings. The zero-order valence-electron chi connectivity index (χ0n) is 14.9. The third-order valence-electron chi connectivity index (χ3n) is 4.63. The van der Waals surface area contributed by atoms with Gasteiger partial charge < -0.3 is 5.11 Å². The smallest absolute Gasteiger partial charge is 0.416 e. The van der Waals surface area contributed by atoms with E-state index in [1.807, 2.05) is 0 Å². The number of alkyl halides is 3. The van der Waals surface area contributed by atoms with Crippen molar-refractivity contribution in [1.82, 2.24) is 15.1 Å². The lowest BCUT2D eigenvalue weighted by atomic mass is 9.93. The number of halogens is 4. The fourth-order valence-corrected chi connectivity index (χ4v) is 4.48. The lowest BCUT2D eigenvalue weighted by Gasteiger charge is -2.24. The Balaban J connectivity index is 1.80. The molecule has 3 rings (SSSR count). The van der Waals surface area contributed by atoms with Crippen molar-refractivity contribution in [3.63, 3.8) is 0 Å². The van der Waals surface area contributed by atoms with Crippen LogP contribution in [0.2, 0.25) is 0 Å². The van der Waals surface area contributed by atoms with Gasteiger partial charge in [0, 0.05) is 17.3 Å². The van der Waals surface area contributed by atoms with E-state index in [1.165, 1.54) is 10.9 Å². The maximum Gasteiger partial charge on any atom is 0.416 e. The van der Waals surface area contributed by atoms with Crippen LogP contribution in [0.3, 0.4) is 0 Å². The molecule has 1 aliphatic rings. The molecule has 158 valence electrons. The summed E-state index contributed by atoms with van der Waals surface area (Å²) in [6.07, 6.45) is -1.67. The molecule has 0 radical (unpaired) electrons. The normalized spacial score (nSPS) is 17.2. The Labute approximate surface area is 163 Å². The Morgan fingerprint density at radius 1 is 1.31 bits per heavy atom. The first-order chi connectivity index (χ1) is 13.5. The molecule has 1 aromatic heterocycles. The molecule has 0 saturated heterocycles. The third kappa shape index (κ3) is 4.75. The van der Waals surface area contributed by atoms with Gasteiger partial charge in [0.2, 0.25) is 0 Å². The first-order valence-corrected chi connectivity index (χ1v) is 10.2. The van der Waals surface area contributed by atoms with Crippen LogP contribution in [-0.2, 0) is 33.8 Å². The van der Waals surface area contributed by atoms with E-state index < -0.39 is 50.2 Å². The molecule has 1 heterocycles. The molecule has 7 nitrogen and oxygen atoms in total. The number of benzene rings is 1. The molecule has 2 aromatic rings. The van der Waals surface area contributed by atoms with Gasteiger partial charge in [-0.2, -0.15) is 18.3 Å². The van der Waals surface area contributed by atoms with Crippen LogP contribution in [0.25, 0.3) is 0 Å². The molecular weight excluding hydrogens is 418 g/mol. The van der Waals surface area contributed by atoms with Gasteiger partial charge in [-0.1, -0.05) is 0 Å². The predicted molar refractivity (Wildman–Crippen MR) is 92.1 cm³/mol. The quantitative estimate of drug-likeness (QED) is 0.677. The number of carboxylic acid groups (broad SMARTS) is 1. The van der Waals surface area contributed by atoms with E-state index in [2.05, 4.69) is 10.4 Å². The van der Waals surface area contributed by atoms with Crippen LogP contribution < -0.4 is 5.32 Å². The summed E-state index contributed by atoms with van der Waals surface area (Å²) in [6.45, 7) is -0.330. The molecule has 1 aromatic carbocycles. The second-order valence-corrected chi connectivity index (χ2v) is 8.67. The van der Waals surface area contributed by atoms with Crippen molar-refractivity contribution in [3.8, 4) is 0 Å².